The van der Waals surface area contributed by atoms with Crippen LogP contribution in [0.2, 0.25) is 0 Å². The molecule has 0 spiro atoms. The summed E-state index contributed by atoms with van der Waals surface area (Å²) < 4.78 is 14.5. The van der Waals surface area contributed by atoms with Gasteiger partial charge in [-0.25, -0.2) is 19.2 Å². The maximum absolute atomic E-state index is 13.9. The SMILES string of the molecule is O=C(O)Cc1nc(NC(=O)Nc2ccc(F)cc2C(=O)C2CCCC2)sc1Sc1ccccn1. The number of nitrogens with one attached hydrogen (secondary N) is 2. The minimum absolute atomic E-state index is 0.138. The van der Waals surface area contributed by atoms with Gasteiger partial charge in [0.2, 0.25) is 0 Å². The third-order valence-electron chi connectivity index (χ3n) is 5.26. The number of thiazole rings is 1. The minimum atomic E-state index is -1.05. The fraction of sp³-hybridized carbons (Fsp3) is 0.261. The van der Waals surface area contributed by atoms with E-state index in [0.717, 1.165) is 43.1 Å². The number of Topliss-reactive ketones (excluding diaryl/α,β-unsaturated/α-hetero) is 1. The van der Waals surface area contributed by atoms with E-state index in [2.05, 4.69) is 20.6 Å². The fourth-order valence-corrected chi connectivity index (χ4v) is 5.77. The van der Waals surface area contributed by atoms with Crippen molar-refractivity contribution in [2.75, 3.05) is 10.6 Å². The molecule has 1 aromatic carbocycles. The van der Waals surface area contributed by atoms with Crippen molar-refractivity contribution < 1.29 is 23.9 Å². The second-order valence-electron chi connectivity index (χ2n) is 7.71. The molecular weight excluding hydrogens is 479 g/mol. The maximum Gasteiger partial charge on any atom is 0.325 e. The second kappa shape index (κ2) is 10.7. The van der Waals surface area contributed by atoms with Gasteiger partial charge >= 0.3 is 12.0 Å². The molecule has 0 radical (unpaired) electrons. The first-order valence-electron chi connectivity index (χ1n) is 10.6. The van der Waals surface area contributed by atoms with Crippen molar-refractivity contribution >= 4 is 51.7 Å². The average Bonchev–Trinajstić information content (AvgIpc) is 3.45. The van der Waals surface area contributed by atoms with E-state index < -0.39 is 17.8 Å². The van der Waals surface area contributed by atoms with Crippen LogP contribution in [0.15, 0.2) is 51.8 Å². The molecule has 0 atom stereocenters. The van der Waals surface area contributed by atoms with Gasteiger partial charge in [0.15, 0.2) is 10.9 Å². The highest BCUT2D eigenvalue weighted by Gasteiger charge is 2.26. The lowest BCUT2D eigenvalue weighted by molar-refractivity contribution is -0.136. The number of nitrogens with zero attached hydrogens (tertiary/aromatic N) is 2. The van der Waals surface area contributed by atoms with Crippen LogP contribution in [-0.4, -0.2) is 32.9 Å². The number of carboxylic acid groups (broad SMARTS) is 1. The van der Waals surface area contributed by atoms with Crippen LogP contribution in [0.25, 0.3) is 0 Å². The van der Waals surface area contributed by atoms with E-state index in [4.69, 9.17) is 0 Å². The Morgan fingerprint density at radius 2 is 1.94 bits per heavy atom. The minimum Gasteiger partial charge on any atom is -0.481 e. The van der Waals surface area contributed by atoms with Crippen molar-refractivity contribution in [3.05, 3.63) is 59.7 Å². The monoisotopic (exact) mass is 500 g/mol. The molecule has 3 N–H and O–H groups in total. The highest BCUT2D eigenvalue weighted by Crippen LogP contribution is 2.37. The summed E-state index contributed by atoms with van der Waals surface area (Å²) in [5.41, 5.74) is 0.655. The van der Waals surface area contributed by atoms with Gasteiger partial charge in [-0.05, 0) is 43.2 Å². The molecule has 0 unspecified atom stereocenters. The van der Waals surface area contributed by atoms with Crippen LogP contribution in [-0.2, 0) is 11.2 Å². The predicted octanol–water partition coefficient (Wildman–Crippen LogP) is 5.47. The van der Waals surface area contributed by atoms with Crippen LogP contribution in [0.3, 0.4) is 0 Å². The topological polar surface area (TPSA) is 121 Å². The molecule has 2 heterocycles. The Morgan fingerprint density at radius 1 is 1.15 bits per heavy atom. The lowest BCUT2D eigenvalue weighted by Crippen LogP contribution is -2.22. The van der Waals surface area contributed by atoms with Gasteiger partial charge in [-0.15, -0.1) is 0 Å². The van der Waals surface area contributed by atoms with Gasteiger partial charge in [0.25, 0.3) is 0 Å². The van der Waals surface area contributed by atoms with Crippen LogP contribution < -0.4 is 10.6 Å². The molecule has 0 saturated heterocycles. The Hall–Kier alpha value is -3.31. The number of hydrogen-bond acceptors (Lipinski definition) is 7. The van der Waals surface area contributed by atoms with Crippen molar-refractivity contribution in [3.8, 4) is 0 Å². The first kappa shape index (κ1) is 23.8. The number of carbonyl (C=O) groups excluding carboxylic acids is 2. The predicted molar refractivity (Wildman–Crippen MR) is 127 cm³/mol. The van der Waals surface area contributed by atoms with Gasteiger partial charge in [0, 0.05) is 17.7 Å². The summed E-state index contributed by atoms with van der Waals surface area (Å²) in [7, 11) is 0. The quantitative estimate of drug-likeness (QED) is 0.351. The summed E-state index contributed by atoms with van der Waals surface area (Å²) in [6, 6.07) is 8.38. The summed E-state index contributed by atoms with van der Waals surface area (Å²) in [5.74, 6) is -1.96. The highest BCUT2D eigenvalue weighted by molar-refractivity contribution is 8.01. The van der Waals surface area contributed by atoms with Crippen molar-refractivity contribution in [3.63, 3.8) is 0 Å². The van der Waals surface area contributed by atoms with Crippen molar-refractivity contribution in [1.29, 1.82) is 0 Å². The molecule has 2 aromatic heterocycles. The van der Waals surface area contributed by atoms with Crippen LogP contribution >= 0.6 is 23.1 Å². The Morgan fingerprint density at radius 3 is 2.65 bits per heavy atom. The summed E-state index contributed by atoms with van der Waals surface area (Å²) in [5, 5.41) is 15.3. The number of rotatable bonds is 8. The lowest BCUT2D eigenvalue weighted by Gasteiger charge is -2.14. The molecule has 3 aromatic rings. The molecular formula is C23H21FN4O4S2. The zero-order chi connectivity index (χ0) is 24.1. The van der Waals surface area contributed by atoms with E-state index in [-0.39, 0.29) is 34.5 Å². The smallest absolute Gasteiger partial charge is 0.325 e. The maximum atomic E-state index is 13.9. The summed E-state index contributed by atoms with van der Waals surface area (Å²) in [4.78, 5) is 45.3. The van der Waals surface area contributed by atoms with Crippen LogP contribution in [0, 0.1) is 11.7 Å². The number of benzene rings is 1. The van der Waals surface area contributed by atoms with E-state index >= 15 is 0 Å². The van der Waals surface area contributed by atoms with Gasteiger partial charge < -0.3 is 10.4 Å². The number of carboxylic acids is 1. The van der Waals surface area contributed by atoms with Crippen LogP contribution in [0.4, 0.5) is 20.0 Å². The Balaban J connectivity index is 1.51. The number of halogens is 1. The molecule has 1 aliphatic rings. The molecule has 2 amide bonds. The standard InChI is InChI=1S/C23H21FN4O4S2/c24-14-8-9-16(15(11-14)20(31)13-5-1-2-6-13)26-22(32)28-23-27-17(12-19(29)30)21(34-23)33-18-7-3-4-10-25-18/h3-4,7-11,13H,1-2,5-6,12H2,(H,29,30)(H2,26,27,28,32). The number of carbonyl (C=O) groups is 3. The van der Waals surface area contributed by atoms with Gasteiger partial charge in [-0.3, -0.25) is 14.9 Å². The van der Waals surface area contributed by atoms with Gasteiger partial charge in [-0.2, -0.15) is 0 Å². The molecule has 11 heteroatoms. The van der Waals surface area contributed by atoms with Crippen LogP contribution in [0.5, 0.6) is 0 Å². The van der Waals surface area contributed by atoms with Gasteiger partial charge in [0.1, 0.15) is 10.8 Å². The van der Waals surface area contributed by atoms with Crippen molar-refractivity contribution in [2.24, 2.45) is 5.92 Å². The normalized spacial score (nSPS) is 13.6. The van der Waals surface area contributed by atoms with E-state index in [1.165, 1.54) is 23.9 Å². The Bertz CT molecular complexity index is 1210. The van der Waals surface area contributed by atoms with Crippen molar-refractivity contribution in [2.45, 2.75) is 41.3 Å². The van der Waals surface area contributed by atoms with E-state index in [0.29, 0.717) is 14.9 Å². The first-order chi connectivity index (χ1) is 16.4. The third-order valence-corrected chi connectivity index (χ3v) is 7.44. The van der Waals surface area contributed by atoms with Crippen molar-refractivity contribution in [1.82, 2.24) is 9.97 Å². The molecule has 4 rings (SSSR count). The second-order valence-corrected chi connectivity index (χ2v) is 10.00. The molecule has 0 bridgehead atoms. The Labute approximate surface area is 203 Å². The highest BCUT2D eigenvalue weighted by atomic mass is 32.2. The molecule has 176 valence electrons. The fourth-order valence-electron chi connectivity index (χ4n) is 3.72. The summed E-state index contributed by atoms with van der Waals surface area (Å²) in [6.45, 7) is 0. The number of ketones is 1. The number of urea groups is 1. The number of hydrogen-bond donors (Lipinski definition) is 3. The number of anilines is 2. The largest absolute Gasteiger partial charge is 0.481 e. The molecule has 1 fully saturated rings. The third kappa shape index (κ3) is 5.97. The number of amides is 2. The molecule has 34 heavy (non-hydrogen) atoms. The summed E-state index contributed by atoms with van der Waals surface area (Å²) in [6.07, 6.45) is 4.73. The number of pyridine rings is 1. The first-order valence-corrected chi connectivity index (χ1v) is 12.2. The average molecular weight is 501 g/mol. The Kier molecular flexibility index (Phi) is 7.53. The lowest BCUT2D eigenvalue weighted by atomic mass is 9.95. The zero-order valence-electron chi connectivity index (χ0n) is 17.9. The molecule has 0 aliphatic heterocycles. The number of aliphatic carboxylic acids is 1. The molecule has 1 aliphatic carbocycles. The van der Waals surface area contributed by atoms with Gasteiger partial charge in [-0.1, -0.05) is 42.0 Å². The van der Waals surface area contributed by atoms with E-state index in [1.54, 1.807) is 18.3 Å². The van der Waals surface area contributed by atoms with E-state index in [9.17, 15) is 23.9 Å². The zero-order valence-corrected chi connectivity index (χ0v) is 19.5. The van der Waals surface area contributed by atoms with Crippen LogP contribution in [0.1, 0.15) is 41.7 Å². The molecule has 8 nitrogen and oxygen atoms in total. The van der Waals surface area contributed by atoms with Gasteiger partial charge in [0.05, 0.1) is 22.0 Å². The molecule has 1 saturated carbocycles. The van der Waals surface area contributed by atoms with E-state index in [1.807, 2.05) is 6.07 Å². The summed E-state index contributed by atoms with van der Waals surface area (Å²) >= 11 is 2.37. The number of aromatic nitrogens is 2.